The van der Waals surface area contributed by atoms with Gasteiger partial charge in [0.1, 0.15) is 0 Å². The van der Waals surface area contributed by atoms with Crippen molar-refractivity contribution in [1.29, 1.82) is 0 Å². The van der Waals surface area contributed by atoms with Gasteiger partial charge >= 0.3 is 0 Å². The Morgan fingerprint density at radius 2 is 1.81 bits per heavy atom. The largest absolute Gasteiger partial charge is 0.396 e. The van der Waals surface area contributed by atoms with Gasteiger partial charge in [-0.2, -0.15) is 0 Å². The number of aliphatic hydroxyl groups excluding tert-OH is 1. The molecule has 2 rings (SSSR count). The Morgan fingerprint density at radius 1 is 1.19 bits per heavy atom. The van der Waals surface area contributed by atoms with E-state index < -0.39 is 0 Å². The molecule has 0 aliphatic carbocycles. The second-order valence-electron chi connectivity index (χ2n) is 5.56. The van der Waals surface area contributed by atoms with Crippen LogP contribution in [-0.2, 0) is 4.74 Å². The molecule has 2 aliphatic rings. The second-order valence-corrected chi connectivity index (χ2v) is 5.56. The number of hydrogen-bond acceptors (Lipinski definition) is 4. The summed E-state index contributed by atoms with van der Waals surface area (Å²) in [4.78, 5) is 4.98. The van der Waals surface area contributed by atoms with Gasteiger partial charge < -0.3 is 9.84 Å². The number of aliphatic hydroxyl groups is 1. The van der Waals surface area contributed by atoms with Crippen LogP contribution < -0.4 is 0 Å². The Hall–Kier alpha value is -0.160. The molecule has 4 heteroatoms. The first-order valence-corrected chi connectivity index (χ1v) is 6.30. The van der Waals surface area contributed by atoms with E-state index >= 15 is 0 Å². The third-order valence-electron chi connectivity index (χ3n) is 3.85. The Kier molecular flexibility index (Phi) is 3.85. The molecule has 0 bridgehead atoms. The van der Waals surface area contributed by atoms with E-state index in [0.717, 1.165) is 45.9 Å². The first-order valence-electron chi connectivity index (χ1n) is 6.30. The summed E-state index contributed by atoms with van der Waals surface area (Å²) in [5.41, 5.74) is 0.0417. The van der Waals surface area contributed by atoms with E-state index in [9.17, 15) is 5.11 Å². The number of ether oxygens (including phenoxy) is 1. The van der Waals surface area contributed by atoms with Crippen LogP contribution in [0.3, 0.4) is 0 Å². The molecule has 0 saturated carbocycles. The summed E-state index contributed by atoms with van der Waals surface area (Å²) in [7, 11) is 0. The van der Waals surface area contributed by atoms with Crippen molar-refractivity contribution in [3.05, 3.63) is 0 Å². The van der Waals surface area contributed by atoms with Gasteiger partial charge in [-0.25, -0.2) is 0 Å². The summed E-state index contributed by atoms with van der Waals surface area (Å²) < 4.78 is 5.23. The molecule has 2 fully saturated rings. The van der Waals surface area contributed by atoms with E-state index in [-0.39, 0.29) is 12.0 Å². The third-order valence-corrected chi connectivity index (χ3v) is 3.85. The number of piperazine rings is 1. The number of nitrogens with zero attached hydrogens (tertiary/aromatic N) is 2. The summed E-state index contributed by atoms with van der Waals surface area (Å²) >= 11 is 0. The Labute approximate surface area is 98.2 Å². The SMILES string of the molecule is CC(C)N1CCN(CC2(CO)COC2)CC1. The van der Waals surface area contributed by atoms with Gasteiger partial charge in [0, 0.05) is 38.8 Å². The minimum Gasteiger partial charge on any atom is -0.396 e. The topological polar surface area (TPSA) is 35.9 Å². The van der Waals surface area contributed by atoms with E-state index in [1.54, 1.807) is 0 Å². The molecule has 0 radical (unpaired) electrons. The van der Waals surface area contributed by atoms with Crippen molar-refractivity contribution in [2.75, 3.05) is 52.5 Å². The van der Waals surface area contributed by atoms with Gasteiger partial charge in [-0.05, 0) is 13.8 Å². The zero-order valence-electron chi connectivity index (χ0n) is 10.5. The zero-order chi connectivity index (χ0) is 11.6. The van der Waals surface area contributed by atoms with Gasteiger partial charge in [-0.3, -0.25) is 9.80 Å². The molecular weight excluding hydrogens is 204 g/mol. The maximum atomic E-state index is 9.39. The molecule has 94 valence electrons. The van der Waals surface area contributed by atoms with E-state index in [1.165, 1.54) is 0 Å². The molecule has 0 unspecified atom stereocenters. The van der Waals surface area contributed by atoms with E-state index in [1.807, 2.05) is 0 Å². The highest BCUT2D eigenvalue weighted by Crippen LogP contribution is 2.28. The molecule has 2 heterocycles. The van der Waals surface area contributed by atoms with Crippen LogP contribution in [-0.4, -0.2) is 73.5 Å². The highest BCUT2D eigenvalue weighted by atomic mass is 16.5. The van der Waals surface area contributed by atoms with Crippen LogP contribution in [0.4, 0.5) is 0 Å². The van der Waals surface area contributed by atoms with Gasteiger partial charge in [-0.15, -0.1) is 0 Å². The van der Waals surface area contributed by atoms with E-state index in [0.29, 0.717) is 6.04 Å². The van der Waals surface area contributed by atoms with Crippen molar-refractivity contribution in [3.63, 3.8) is 0 Å². The van der Waals surface area contributed by atoms with Crippen LogP contribution in [0.25, 0.3) is 0 Å². The van der Waals surface area contributed by atoms with Crippen LogP contribution in [0.5, 0.6) is 0 Å². The van der Waals surface area contributed by atoms with Gasteiger partial charge in [0.05, 0.1) is 25.2 Å². The molecule has 0 atom stereocenters. The van der Waals surface area contributed by atoms with Crippen molar-refractivity contribution >= 4 is 0 Å². The highest BCUT2D eigenvalue weighted by molar-refractivity contribution is 4.89. The standard InChI is InChI=1S/C12H24N2O2/c1-11(2)14-5-3-13(4-6-14)7-12(8-15)9-16-10-12/h11,15H,3-10H2,1-2H3. The van der Waals surface area contributed by atoms with E-state index in [4.69, 9.17) is 4.74 Å². The van der Waals surface area contributed by atoms with Crippen LogP contribution in [0.2, 0.25) is 0 Å². The molecule has 0 aromatic heterocycles. The minimum absolute atomic E-state index is 0.0417. The normalized spacial score (nSPS) is 27.0. The molecule has 0 aromatic rings. The summed E-state index contributed by atoms with van der Waals surface area (Å²) in [5.74, 6) is 0. The molecule has 2 saturated heterocycles. The van der Waals surface area contributed by atoms with E-state index in [2.05, 4.69) is 23.6 Å². The Balaban J connectivity index is 1.76. The smallest absolute Gasteiger partial charge is 0.0579 e. The first-order chi connectivity index (χ1) is 7.65. The van der Waals surface area contributed by atoms with Crippen LogP contribution in [0.1, 0.15) is 13.8 Å². The molecule has 0 amide bonds. The summed E-state index contributed by atoms with van der Waals surface area (Å²) in [5, 5.41) is 9.39. The third kappa shape index (κ3) is 2.56. The average molecular weight is 228 g/mol. The summed E-state index contributed by atoms with van der Waals surface area (Å²) in [6, 6.07) is 0.654. The maximum Gasteiger partial charge on any atom is 0.0579 e. The molecule has 4 nitrogen and oxygen atoms in total. The van der Waals surface area contributed by atoms with Gasteiger partial charge in [0.2, 0.25) is 0 Å². The molecule has 2 aliphatic heterocycles. The fourth-order valence-corrected chi connectivity index (χ4v) is 2.54. The number of rotatable bonds is 4. The first kappa shape index (κ1) is 12.3. The maximum absolute atomic E-state index is 9.39. The van der Waals surface area contributed by atoms with Gasteiger partial charge in [0.15, 0.2) is 0 Å². The summed E-state index contributed by atoms with van der Waals surface area (Å²) in [6.45, 7) is 11.8. The fourth-order valence-electron chi connectivity index (χ4n) is 2.54. The molecule has 0 spiro atoms. The van der Waals surface area contributed by atoms with Crippen molar-refractivity contribution < 1.29 is 9.84 Å². The lowest BCUT2D eigenvalue weighted by atomic mass is 9.86. The lowest BCUT2D eigenvalue weighted by Gasteiger charge is -2.45. The van der Waals surface area contributed by atoms with Crippen LogP contribution >= 0.6 is 0 Å². The monoisotopic (exact) mass is 228 g/mol. The number of hydrogen-bond donors (Lipinski definition) is 1. The van der Waals surface area contributed by atoms with Crippen LogP contribution in [0.15, 0.2) is 0 Å². The molecule has 16 heavy (non-hydrogen) atoms. The highest BCUT2D eigenvalue weighted by Gasteiger charge is 2.40. The fraction of sp³-hybridized carbons (Fsp3) is 1.00. The second kappa shape index (κ2) is 5.00. The lowest BCUT2D eigenvalue weighted by Crippen LogP contribution is -2.57. The predicted octanol–water partition coefficient (Wildman–Crippen LogP) is 0.0213. The Morgan fingerprint density at radius 3 is 2.19 bits per heavy atom. The van der Waals surface area contributed by atoms with Crippen molar-refractivity contribution in [1.82, 2.24) is 9.80 Å². The minimum atomic E-state index is 0.0417. The van der Waals surface area contributed by atoms with Crippen molar-refractivity contribution in [3.8, 4) is 0 Å². The Bertz CT molecular complexity index is 216. The van der Waals surface area contributed by atoms with Crippen molar-refractivity contribution in [2.24, 2.45) is 5.41 Å². The van der Waals surface area contributed by atoms with Gasteiger partial charge in [0.25, 0.3) is 0 Å². The van der Waals surface area contributed by atoms with Gasteiger partial charge in [-0.1, -0.05) is 0 Å². The predicted molar refractivity (Wildman–Crippen MR) is 63.5 cm³/mol. The van der Waals surface area contributed by atoms with Crippen LogP contribution in [0, 0.1) is 5.41 Å². The molecule has 1 N–H and O–H groups in total. The van der Waals surface area contributed by atoms with Crippen molar-refractivity contribution in [2.45, 2.75) is 19.9 Å². The quantitative estimate of drug-likeness (QED) is 0.736. The molecule has 0 aromatic carbocycles. The molecular formula is C12H24N2O2. The zero-order valence-corrected chi connectivity index (χ0v) is 10.5. The lowest BCUT2D eigenvalue weighted by molar-refractivity contribution is -0.150. The average Bonchev–Trinajstić information content (AvgIpc) is 2.24. The summed E-state index contributed by atoms with van der Waals surface area (Å²) in [6.07, 6.45) is 0.